The molecule has 0 aliphatic carbocycles. The lowest BCUT2D eigenvalue weighted by molar-refractivity contribution is -0.131. The maximum Gasteiger partial charge on any atom is 0.240 e. The van der Waals surface area contributed by atoms with Crippen LogP contribution in [0.2, 0.25) is 0 Å². The Labute approximate surface area is 118 Å². The summed E-state index contributed by atoms with van der Waals surface area (Å²) in [6.45, 7) is 3.75. The van der Waals surface area contributed by atoms with Crippen molar-refractivity contribution in [3.63, 3.8) is 0 Å². The second kappa shape index (κ2) is 5.99. The highest BCUT2D eigenvalue weighted by Gasteiger charge is 2.36. The molecule has 1 amide bonds. The number of carbonyl (C=O) groups excluding carboxylic acids is 1. The predicted octanol–water partition coefficient (Wildman–Crippen LogP) is -0.293. The van der Waals surface area contributed by atoms with Crippen molar-refractivity contribution >= 4 is 17.7 Å². The minimum Gasteiger partial charge on any atom is -0.393 e. The zero-order chi connectivity index (χ0) is 13.2. The second-order valence-electron chi connectivity index (χ2n) is 5.76. The van der Waals surface area contributed by atoms with Gasteiger partial charge in [0.1, 0.15) is 0 Å². The second-order valence-corrected chi connectivity index (χ2v) is 6.83. The van der Waals surface area contributed by atoms with Crippen molar-refractivity contribution in [3.05, 3.63) is 0 Å². The predicted molar refractivity (Wildman–Crippen MR) is 76.0 cm³/mol. The summed E-state index contributed by atoms with van der Waals surface area (Å²) in [6.07, 6.45) is 2.55. The molecule has 0 saturated carbocycles. The van der Waals surface area contributed by atoms with E-state index in [-0.39, 0.29) is 18.1 Å². The van der Waals surface area contributed by atoms with Gasteiger partial charge < -0.3 is 15.3 Å². The molecule has 3 aliphatic heterocycles. The van der Waals surface area contributed by atoms with Crippen molar-refractivity contribution in [1.29, 1.82) is 0 Å². The van der Waals surface area contributed by atoms with E-state index in [1.54, 1.807) is 0 Å². The van der Waals surface area contributed by atoms with Gasteiger partial charge in [0.2, 0.25) is 5.91 Å². The third-order valence-corrected chi connectivity index (χ3v) is 5.45. The molecule has 3 aliphatic rings. The molecule has 0 bridgehead atoms. The van der Waals surface area contributed by atoms with E-state index in [2.05, 4.69) is 10.2 Å². The molecule has 6 heteroatoms. The summed E-state index contributed by atoms with van der Waals surface area (Å²) in [6, 6.07) is 0.479. The van der Waals surface area contributed by atoms with E-state index in [9.17, 15) is 9.90 Å². The number of carbonyl (C=O) groups is 1. The minimum atomic E-state index is -0.121. The van der Waals surface area contributed by atoms with Crippen molar-refractivity contribution in [1.82, 2.24) is 15.1 Å². The number of aliphatic hydroxyl groups is 1. The summed E-state index contributed by atoms with van der Waals surface area (Å²) in [4.78, 5) is 16.7. The summed E-state index contributed by atoms with van der Waals surface area (Å²) in [7, 11) is 0. The maximum absolute atomic E-state index is 12.3. The Morgan fingerprint density at radius 1 is 1.26 bits per heavy atom. The molecule has 3 saturated heterocycles. The normalized spacial score (nSPS) is 34.1. The van der Waals surface area contributed by atoms with Crippen molar-refractivity contribution in [3.8, 4) is 0 Å². The first-order valence-corrected chi connectivity index (χ1v) is 8.41. The molecule has 2 N–H and O–H groups in total. The number of piperidine rings is 1. The van der Waals surface area contributed by atoms with Crippen LogP contribution in [0.1, 0.15) is 19.3 Å². The van der Waals surface area contributed by atoms with Crippen LogP contribution in [0.15, 0.2) is 0 Å². The van der Waals surface area contributed by atoms with Crippen LogP contribution < -0.4 is 5.32 Å². The highest BCUT2D eigenvalue weighted by molar-refractivity contribution is 7.99. The lowest BCUT2D eigenvalue weighted by Crippen LogP contribution is -2.43. The molecule has 0 aromatic carbocycles. The molecular formula is C13H23N3O2S. The van der Waals surface area contributed by atoms with E-state index in [1.807, 2.05) is 16.7 Å². The standard InChI is InChI=1S/C13H23N3O2S/c17-11-1-3-15(4-2-11)10-7-12(14-8-10)13(18)16-5-6-19-9-16/h10-12,14,17H,1-9H2/t10-,12-/m0/s1. The fourth-order valence-electron chi connectivity index (χ4n) is 3.24. The fourth-order valence-corrected chi connectivity index (χ4v) is 4.20. The Morgan fingerprint density at radius 3 is 2.74 bits per heavy atom. The highest BCUT2D eigenvalue weighted by Crippen LogP contribution is 2.22. The van der Waals surface area contributed by atoms with E-state index in [1.165, 1.54) is 0 Å². The molecule has 108 valence electrons. The van der Waals surface area contributed by atoms with Gasteiger partial charge in [-0.25, -0.2) is 0 Å². The number of hydrogen-bond donors (Lipinski definition) is 2. The number of nitrogens with one attached hydrogen (secondary N) is 1. The van der Waals surface area contributed by atoms with Crippen LogP contribution in [0, 0.1) is 0 Å². The Balaban J connectivity index is 1.50. The van der Waals surface area contributed by atoms with Gasteiger partial charge in [-0.1, -0.05) is 0 Å². The SMILES string of the molecule is O=C([C@@H]1C[C@H](N2CCC(O)CC2)CN1)N1CCSC1. The van der Waals surface area contributed by atoms with E-state index in [4.69, 9.17) is 0 Å². The maximum atomic E-state index is 12.3. The van der Waals surface area contributed by atoms with Gasteiger partial charge in [-0.3, -0.25) is 9.69 Å². The molecular weight excluding hydrogens is 262 g/mol. The van der Waals surface area contributed by atoms with Crippen molar-refractivity contribution < 1.29 is 9.90 Å². The van der Waals surface area contributed by atoms with Gasteiger partial charge in [0, 0.05) is 38.0 Å². The summed E-state index contributed by atoms with van der Waals surface area (Å²) in [5, 5.41) is 12.9. The average molecular weight is 285 g/mol. The van der Waals surface area contributed by atoms with Crippen LogP contribution >= 0.6 is 11.8 Å². The molecule has 0 unspecified atom stereocenters. The molecule has 19 heavy (non-hydrogen) atoms. The van der Waals surface area contributed by atoms with Gasteiger partial charge >= 0.3 is 0 Å². The van der Waals surface area contributed by atoms with Crippen LogP contribution in [0.5, 0.6) is 0 Å². The summed E-state index contributed by atoms with van der Waals surface area (Å²) in [5.41, 5.74) is 0. The first-order valence-electron chi connectivity index (χ1n) is 7.26. The first-order chi connectivity index (χ1) is 9.24. The Kier molecular flexibility index (Phi) is 4.31. The lowest BCUT2D eigenvalue weighted by Gasteiger charge is -2.34. The fraction of sp³-hybridized carbons (Fsp3) is 0.923. The van der Waals surface area contributed by atoms with E-state index < -0.39 is 0 Å². The molecule has 0 spiro atoms. The van der Waals surface area contributed by atoms with Gasteiger partial charge in [-0.05, 0) is 19.3 Å². The first kappa shape index (κ1) is 13.7. The lowest BCUT2D eigenvalue weighted by atomic mass is 10.0. The van der Waals surface area contributed by atoms with Crippen LogP contribution in [-0.4, -0.2) is 76.8 Å². The molecule has 3 heterocycles. The quantitative estimate of drug-likeness (QED) is 0.730. The largest absolute Gasteiger partial charge is 0.393 e. The Bertz CT molecular complexity index is 328. The summed E-state index contributed by atoms with van der Waals surface area (Å²) >= 11 is 1.84. The van der Waals surface area contributed by atoms with Crippen LogP contribution in [0.25, 0.3) is 0 Å². The topological polar surface area (TPSA) is 55.8 Å². The summed E-state index contributed by atoms with van der Waals surface area (Å²) in [5.74, 6) is 2.22. The van der Waals surface area contributed by atoms with Crippen molar-refractivity contribution in [2.75, 3.05) is 37.8 Å². The van der Waals surface area contributed by atoms with E-state index in [0.717, 1.165) is 57.1 Å². The molecule has 0 aromatic rings. The van der Waals surface area contributed by atoms with Gasteiger partial charge in [0.05, 0.1) is 18.0 Å². The van der Waals surface area contributed by atoms with Crippen molar-refractivity contribution in [2.24, 2.45) is 0 Å². The van der Waals surface area contributed by atoms with Gasteiger partial charge in [-0.15, -0.1) is 11.8 Å². The van der Waals surface area contributed by atoms with Crippen LogP contribution in [0.4, 0.5) is 0 Å². The molecule has 0 aromatic heterocycles. The number of likely N-dealkylation sites (tertiary alicyclic amines) is 1. The number of thioether (sulfide) groups is 1. The molecule has 5 nitrogen and oxygen atoms in total. The van der Waals surface area contributed by atoms with Crippen LogP contribution in [0.3, 0.4) is 0 Å². The highest BCUT2D eigenvalue weighted by atomic mass is 32.2. The molecule has 2 atom stereocenters. The summed E-state index contributed by atoms with van der Waals surface area (Å²) < 4.78 is 0. The zero-order valence-corrected chi connectivity index (χ0v) is 12.1. The minimum absolute atomic E-state index is 0.00977. The number of amides is 1. The van der Waals surface area contributed by atoms with Crippen molar-refractivity contribution in [2.45, 2.75) is 37.5 Å². The number of aliphatic hydroxyl groups excluding tert-OH is 1. The van der Waals surface area contributed by atoms with E-state index >= 15 is 0 Å². The smallest absolute Gasteiger partial charge is 0.240 e. The van der Waals surface area contributed by atoms with E-state index in [0.29, 0.717) is 6.04 Å². The van der Waals surface area contributed by atoms with Crippen LogP contribution in [-0.2, 0) is 4.79 Å². The third kappa shape index (κ3) is 3.07. The molecule has 3 rings (SSSR count). The van der Waals surface area contributed by atoms with Gasteiger partial charge in [0.15, 0.2) is 0 Å². The number of hydrogen-bond acceptors (Lipinski definition) is 5. The third-order valence-electron chi connectivity index (χ3n) is 4.49. The molecule has 0 radical (unpaired) electrons. The monoisotopic (exact) mass is 285 g/mol. The van der Waals surface area contributed by atoms with Gasteiger partial charge in [-0.2, -0.15) is 0 Å². The molecule has 3 fully saturated rings. The average Bonchev–Trinajstić information content (AvgIpc) is 3.10. The van der Waals surface area contributed by atoms with Gasteiger partial charge in [0.25, 0.3) is 0 Å². The number of rotatable bonds is 2. The number of nitrogens with zero attached hydrogens (tertiary/aromatic N) is 2. The Morgan fingerprint density at radius 2 is 2.05 bits per heavy atom. The Hall–Kier alpha value is -0.300. The zero-order valence-electron chi connectivity index (χ0n) is 11.3.